The molecule has 0 unspecified atom stereocenters. The maximum Gasteiger partial charge on any atom is 0.246 e. The molecule has 0 radical (unpaired) electrons. The SMILES string of the molecule is Cc1ccc([C@H]2COCC(=O)N2)nc1. The van der Waals surface area contributed by atoms with Gasteiger partial charge in [0.15, 0.2) is 0 Å². The van der Waals surface area contributed by atoms with Gasteiger partial charge < -0.3 is 10.1 Å². The van der Waals surface area contributed by atoms with Crippen LogP contribution in [-0.2, 0) is 9.53 Å². The van der Waals surface area contributed by atoms with Gasteiger partial charge in [0.05, 0.1) is 18.3 Å². The number of nitrogens with zero attached hydrogens (tertiary/aromatic N) is 1. The molecule has 0 bridgehead atoms. The van der Waals surface area contributed by atoms with Crippen molar-refractivity contribution in [2.75, 3.05) is 13.2 Å². The number of ether oxygens (including phenoxy) is 1. The average Bonchev–Trinajstić information content (AvgIpc) is 2.19. The van der Waals surface area contributed by atoms with E-state index in [1.54, 1.807) is 6.20 Å². The monoisotopic (exact) mass is 192 g/mol. The van der Waals surface area contributed by atoms with Gasteiger partial charge >= 0.3 is 0 Å². The molecule has 1 amide bonds. The smallest absolute Gasteiger partial charge is 0.246 e. The zero-order chi connectivity index (χ0) is 9.97. The van der Waals surface area contributed by atoms with Crippen molar-refractivity contribution in [2.24, 2.45) is 0 Å². The molecule has 0 spiro atoms. The third-order valence-electron chi connectivity index (χ3n) is 2.14. The van der Waals surface area contributed by atoms with E-state index in [0.717, 1.165) is 11.3 Å². The normalized spacial score (nSPS) is 21.8. The second kappa shape index (κ2) is 3.75. The number of carbonyl (C=O) groups is 1. The lowest BCUT2D eigenvalue weighted by Gasteiger charge is -2.22. The first-order valence-corrected chi connectivity index (χ1v) is 4.55. The van der Waals surface area contributed by atoms with E-state index in [4.69, 9.17) is 4.74 Å². The maximum absolute atomic E-state index is 11.0. The number of morpholine rings is 1. The van der Waals surface area contributed by atoms with Crippen LogP contribution < -0.4 is 5.32 Å². The third-order valence-corrected chi connectivity index (χ3v) is 2.14. The van der Waals surface area contributed by atoms with Crippen molar-refractivity contribution in [3.05, 3.63) is 29.6 Å². The lowest BCUT2D eigenvalue weighted by molar-refractivity contribution is -0.131. The summed E-state index contributed by atoms with van der Waals surface area (Å²) in [6.07, 6.45) is 1.79. The Labute approximate surface area is 82.3 Å². The van der Waals surface area contributed by atoms with Crippen LogP contribution >= 0.6 is 0 Å². The van der Waals surface area contributed by atoms with Crippen LogP contribution in [0.15, 0.2) is 18.3 Å². The van der Waals surface area contributed by atoms with Gasteiger partial charge in [0, 0.05) is 6.20 Å². The number of aryl methyl sites for hydroxylation is 1. The van der Waals surface area contributed by atoms with Crippen LogP contribution in [0.3, 0.4) is 0 Å². The second-order valence-corrected chi connectivity index (χ2v) is 3.40. The van der Waals surface area contributed by atoms with Gasteiger partial charge in [-0.2, -0.15) is 0 Å². The Morgan fingerprint density at radius 1 is 1.57 bits per heavy atom. The Balaban J connectivity index is 2.14. The first-order valence-electron chi connectivity index (χ1n) is 4.55. The third kappa shape index (κ3) is 1.90. The minimum absolute atomic E-state index is 0.0800. The molecule has 4 nitrogen and oxygen atoms in total. The van der Waals surface area contributed by atoms with Crippen LogP contribution in [0, 0.1) is 6.92 Å². The number of nitrogens with one attached hydrogen (secondary N) is 1. The molecule has 1 aliphatic heterocycles. The number of aromatic nitrogens is 1. The number of hydrogen-bond donors (Lipinski definition) is 1. The summed E-state index contributed by atoms with van der Waals surface area (Å²) in [6.45, 7) is 2.64. The molecule has 4 heteroatoms. The Kier molecular flexibility index (Phi) is 2.45. The van der Waals surface area contributed by atoms with Gasteiger partial charge in [-0.05, 0) is 18.6 Å². The highest BCUT2D eigenvalue weighted by Gasteiger charge is 2.20. The van der Waals surface area contributed by atoms with Gasteiger partial charge in [-0.3, -0.25) is 9.78 Å². The molecule has 1 atom stereocenters. The summed E-state index contributed by atoms with van der Waals surface area (Å²) >= 11 is 0. The van der Waals surface area contributed by atoms with Gasteiger partial charge in [0.2, 0.25) is 5.91 Å². The summed E-state index contributed by atoms with van der Waals surface area (Å²) in [5.41, 5.74) is 1.96. The summed E-state index contributed by atoms with van der Waals surface area (Å²) < 4.78 is 5.13. The van der Waals surface area contributed by atoms with Crippen molar-refractivity contribution in [2.45, 2.75) is 13.0 Å². The predicted molar refractivity (Wildman–Crippen MR) is 50.7 cm³/mol. The van der Waals surface area contributed by atoms with E-state index >= 15 is 0 Å². The van der Waals surface area contributed by atoms with E-state index in [9.17, 15) is 4.79 Å². The van der Waals surface area contributed by atoms with Crippen LogP contribution in [0.5, 0.6) is 0 Å². The fraction of sp³-hybridized carbons (Fsp3) is 0.400. The fourth-order valence-corrected chi connectivity index (χ4v) is 1.39. The standard InChI is InChI=1S/C10H12N2O2/c1-7-2-3-8(11-4-7)9-5-14-6-10(13)12-9/h2-4,9H,5-6H2,1H3,(H,12,13)/t9-/m1/s1. The first-order chi connectivity index (χ1) is 6.75. The number of pyridine rings is 1. The fourth-order valence-electron chi connectivity index (χ4n) is 1.39. The van der Waals surface area contributed by atoms with E-state index in [1.807, 2.05) is 19.1 Å². The molecular formula is C10H12N2O2. The van der Waals surface area contributed by atoms with Crippen molar-refractivity contribution < 1.29 is 9.53 Å². The second-order valence-electron chi connectivity index (χ2n) is 3.40. The topological polar surface area (TPSA) is 51.2 Å². The van der Waals surface area contributed by atoms with Crippen molar-refractivity contribution in [1.29, 1.82) is 0 Å². The van der Waals surface area contributed by atoms with E-state index in [1.165, 1.54) is 0 Å². The van der Waals surface area contributed by atoms with Gasteiger partial charge in [0.1, 0.15) is 6.61 Å². The number of carbonyl (C=O) groups excluding carboxylic acids is 1. The van der Waals surface area contributed by atoms with Crippen molar-refractivity contribution in [3.8, 4) is 0 Å². The first kappa shape index (κ1) is 9.15. The molecule has 2 heterocycles. The van der Waals surface area contributed by atoms with Gasteiger partial charge in [0.25, 0.3) is 0 Å². The van der Waals surface area contributed by atoms with Crippen LogP contribution in [0.4, 0.5) is 0 Å². The van der Waals surface area contributed by atoms with Crippen molar-refractivity contribution in [3.63, 3.8) is 0 Å². The highest BCUT2D eigenvalue weighted by Crippen LogP contribution is 2.13. The largest absolute Gasteiger partial charge is 0.369 e. The molecular weight excluding hydrogens is 180 g/mol. The minimum Gasteiger partial charge on any atom is -0.369 e. The Hall–Kier alpha value is -1.42. The van der Waals surface area contributed by atoms with Gasteiger partial charge in [-0.15, -0.1) is 0 Å². The summed E-state index contributed by atoms with van der Waals surface area (Å²) in [4.78, 5) is 15.3. The Morgan fingerprint density at radius 3 is 3.07 bits per heavy atom. The molecule has 74 valence electrons. The molecule has 0 aromatic carbocycles. The van der Waals surface area contributed by atoms with Crippen LogP contribution in [0.2, 0.25) is 0 Å². The molecule has 14 heavy (non-hydrogen) atoms. The highest BCUT2D eigenvalue weighted by atomic mass is 16.5. The molecule has 1 aromatic heterocycles. The van der Waals surface area contributed by atoms with E-state index in [0.29, 0.717) is 6.61 Å². The molecule has 1 N–H and O–H groups in total. The van der Waals surface area contributed by atoms with E-state index < -0.39 is 0 Å². The zero-order valence-electron chi connectivity index (χ0n) is 7.99. The number of amides is 1. The predicted octanol–water partition coefficient (Wildman–Crippen LogP) is 0.578. The Morgan fingerprint density at radius 2 is 2.43 bits per heavy atom. The van der Waals surface area contributed by atoms with Gasteiger partial charge in [-0.25, -0.2) is 0 Å². The van der Waals surface area contributed by atoms with Crippen LogP contribution in [-0.4, -0.2) is 24.1 Å². The highest BCUT2D eigenvalue weighted by molar-refractivity contribution is 5.78. The molecule has 0 saturated carbocycles. The number of rotatable bonds is 1. The number of hydrogen-bond acceptors (Lipinski definition) is 3. The van der Waals surface area contributed by atoms with E-state index in [2.05, 4.69) is 10.3 Å². The molecule has 1 fully saturated rings. The van der Waals surface area contributed by atoms with Crippen molar-refractivity contribution >= 4 is 5.91 Å². The zero-order valence-corrected chi connectivity index (χ0v) is 7.99. The lowest BCUT2D eigenvalue weighted by Crippen LogP contribution is -2.40. The summed E-state index contributed by atoms with van der Waals surface area (Å²) in [5, 5.41) is 2.83. The molecule has 1 aromatic rings. The molecule has 1 saturated heterocycles. The van der Waals surface area contributed by atoms with E-state index in [-0.39, 0.29) is 18.6 Å². The minimum atomic E-state index is -0.100. The molecule has 2 rings (SSSR count). The molecule has 0 aliphatic carbocycles. The van der Waals surface area contributed by atoms with Crippen LogP contribution in [0.25, 0.3) is 0 Å². The summed E-state index contributed by atoms with van der Waals surface area (Å²) in [5.74, 6) is -0.0800. The average molecular weight is 192 g/mol. The maximum atomic E-state index is 11.0. The molecule has 1 aliphatic rings. The van der Waals surface area contributed by atoms with Crippen molar-refractivity contribution in [1.82, 2.24) is 10.3 Å². The summed E-state index contributed by atoms with van der Waals surface area (Å²) in [7, 11) is 0. The Bertz CT molecular complexity index is 334. The van der Waals surface area contributed by atoms with Gasteiger partial charge in [-0.1, -0.05) is 6.07 Å². The lowest BCUT2D eigenvalue weighted by atomic mass is 10.1. The summed E-state index contributed by atoms with van der Waals surface area (Å²) in [6, 6.07) is 3.79. The quantitative estimate of drug-likeness (QED) is 0.708. The van der Waals surface area contributed by atoms with Crippen LogP contribution in [0.1, 0.15) is 17.3 Å².